The molecular weight excluding hydrogens is 184 g/mol. The van der Waals surface area contributed by atoms with Gasteiger partial charge < -0.3 is 0 Å². The van der Waals surface area contributed by atoms with Gasteiger partial charge in [-0.15, -0.1) is 0 Å². The van der Waals surface area contributed by atoms with Crippen molar-refractivity contribution >= 4 is 0 Å². The highest BCUT2D eigenvalue weighted by molar-refractivity contribution is 5.14. The molecule has 2 rings (SSSR count). The number of piperazine rings is 1. The van der Waals surface area contributed by atoms with E-state index in [1.54, 1.807) is 0 Å². The van der Waals surface area contributed by atoms with E-state index in [-0.39, 0.29) is 0 Å². The van der Waals surface area contributed by atoms with Crippen LogP contribution in [-0.4, -0.2) is 30.1 Å². The van der Waals surface area contributed by atoms with E-state index in [0.717, 1.165) is 19.6 Å². The van der Waals surface area contributed by atoms with E-state index in [4.69, 9.17) is 0 Å². The monoisotopic (exact) mass is 203 g/mol. The van der Waals surface area contributed by atoms with E-state index < -0.39 is 0 Å². The van der Waals surface area contributed by atoms with Crippen LogP contribution in [0, 0.1) is 0 Å². The zero-order valence-corrected chi connectivity index (χ0v) is 9.56. The highest BCUT2D eigenvalue weighted by Crippen LogP contribution is 2.14. The molecule has 15 heavy (non-hydrogen) atoms. The summed E-state index contributed by atoms with van der Waals surface area (Å²) in [5, 5.41) is 4.49. The summed E-state index contributed by atoms with van der Waals surface area (Å²) in [6.07, 6.45) is 0. The summed E-state index contributed by atoms with van der Waals surface area (Å²) in [6.45, 7) is 7.55. The molecule has 2 nitrogen and oxygen atoms in total. The quantitative estimate of drug-likeness (QED) is 0.717. The molecule has 0 spiro atoms. The Bertz CT molecular complexity index is 287. The first-order chi connectivity index (χ1) is 7.27. The van der Waals surface area contributed by atoms with E-state index >= 15 is 0 Å². The van der Waals surface area contributed by atoms with Crippen molar-refractivity contribution in [2.45, 2.75) is 32.5 Å². The molecule has 2 heteroatoms. The number of rotatable bonds is 2. The molecule has 1 aliphatic heterocycles. The molecule has 81 valence electrons. The van der Waals surface area contributed by atoms with Crippen LogP contribution in [0.5, 0.6) is 0 Å². The maximum Gasteiger partial charge on any atom is 0.0287 e. The Morgan fingerprint density at radius 1 is 1.13 bits per heavy atom. The van der Waals surface area contributed by atoms with Gasteiger partial charge in [0.25, 0.3) is 0 Å². The molecule has 2 atom stereocenters. The average molecular weight is 203 g/mol. The second-order valence-corrected chi connectivity index (χ2v) is 4.44. The van der Waals surface area contributed by atoms with E-state index in [9.17, 15) is 0 Å². The lowest BCUT2D eigenvalue weighted by molar-refractivity contribution is 0.107. The standard InChI is InChI=1S/C13H19N2/c1-11-8-14-9-12(2)15(11)10-13-6-4-3-5-7-13/h3-7,11-12H,8-10H2,1-2H3. The molecular formula is C13H19N2. The van der Waals surface area contributed by atoms with Crippen LogP contribution in [0.3, 0.4) is 0 Å². The van der Waals surface area contributed by atoms with Crippen molar-refractivity contribution in [1.82, 2.24) is 10.2 Å². The van der Waals surface area contributed by atoms with Crippen molar-refractivity contribution in [1.29, 1.82) is 0 Å². The highest BCUT2D eigenvalue weighted by atomic mass is 15.2. The van der Waals surface area contributed by atoms with Crippen molar-refractivity contribution < 1.29 is 0 Å². The van der Waals surface area contributed by atoms with Crippen LogP contribution in [0.25, 0.3) is 0 Å². The summed E-state index contributed by atoms with van der Waals surface area (Å²) >= 11 is 0. The number of nitrogens with zero attached hydrogens (tertiary/aromatic N) is 2. The molecule has 0 aromatic heterocycles. The lowest BCUT2D eigenvalue weighted by atomic mass is 10.1. The fourth-order valence-corrected chi connectivity index (χ4v) is 2.20. The predicted octanol–water partition coefficient (Wildman–Crippen LogP) is 1.88. The van der Waals surface area contributed by atoms with Gasteiger partial charge in [0.1, 0.15) is 0 Å². The average Bonchev–Trinajstić information content (AvgIpc) is 2.25. The normalized spacial score (nSPS) is 27.9. The third-order valence-electron chi connectivity index (χ3n) is 3.13. The molecule has 2 unspecified atom stereocenters. The van der Waals surface area contributed by atoms with Gasteiger partial charge in [0.05, 0.1) is 0 Å². The van der Waals surface area contributed by atoms with Gasteiger partial charge in [-0.1, -0.05) is 30.3 Å². The molecule has 0 N–H and O–H groups in total. The zero-order chi connectivity index (χ0) is 10.7. The molecule has 0 amide bonds. The fourth-order valence-electron chi connectivity index (χ4n) is 2.20. The van der Waals surface area contributed by atoms with Gasteiger partial charge in [-0.3, -0.25) is 4.90 Å². The Balaban J connectivity index is 2.03. The molecule has 0 bridgehead atoms. The van der Waals surface area contributed by atoms with Crippen LogP contribution in [0.15, 0.2) is 30.3 Å². The maximum atomic E-state index is 4.49. The van der Waals surface area contributed by atoms with E-state index in [2.05, 4.69) is 54.4 Å². The molecule has 1 aliphatic rings. The van der Waals surface area contributed by atoms with E-state index in [1.807, 2.05) is 0 Å². The summed E-state index contributed by atoms with van der Waals surface area (Å²) < 4.78 is 0. The van der Waals surface area contributed by atoms with Gasteiger partial charge in [0, 0.05) is 31.7 Å². The lowest BCUT2D eigenvalue weighted by Gasteiger charge is -2.38. The summed E-state index contributed by atoms with van der Waals surface area (Å²) in [5.41, 5.74) is 1.40. The third-order valence-corrected chi connectivity index (χ3v) is 3.13. The Morgan fingerprint density at radius 2 is 1.73 bits per heavy atom. The SMILES string of the molecule is CC1C[N]CC(C)N1Cc1ccccc1. The smallest absolute Gasteiger partial charge is 0.0287 e. The second kappa shape index (κ2) is 4.77. The summed E-state index contributed by atoms with van der Waals surface area (Å²) in [4.78, 5) is 2.54. The third kappa shape index (κ3) is 2.58. The Morgan fingerprint density at radius 3 is 2.33 bits per heavy atom. The second-order valence-electron chi connectivity index (χ2n) is 4.44. The number of hydrogen-bond acceptors (Lipinski definition) is 1. The van der Waals surface area contributed by atoms with Gasteiger partial charge in [-0.05, 0) is 19.4 Å². The van der Waals surface area contributed by atoms with E-state index in [0.29, 0.717) is 12.1 Å². The topological polar surface area (TPSA) is 17.3 Å². The first kappa shape index (κ1) is 10.7. The van der Waals surface area contributed by atoms with Crippen LogP contribution in [-0.2, 0) is 6.54 Å². The molecule has 1 saturated heterocycles. The molecule has 0 saturated carbocycles. The van der Waals surface area contributed by atoms with Crippen LogP contribution in [0.1, 0.15) is 19.4 Å². The first-order valence-corrected chi connectivity index (χ1v) is 5.70. The molecule has 1 heterocycles. The Labute approximate surface area is 92.3 Å². The summed E-state index contributed by atoms with van der Waals surface area (Å²) in [7, 11) is 0. The molecule has 1 radical (unpaired) electrons. The van der Waals surface area contributed by atoms with Crippen molar-refractivity contribution in [3.05, 3.63) is 35.9 Å². The molecule has 1 aromatic rings. The van der Waals surface area contributed by atoms with Crippen molar-refractivity contribution in [2.75, 3.05) is 13.1 Å². The molecule has 0 aliphatic carbocycles. The van der Waals surface area contributed by atoms with Crippen LogP contribution >= 0.6 is 0 Å². The molecule has 1 aromatic carbocycles. The summed E-state index contributed by atoms with van der Waals surface area (Å²) in [6, 6.07) is 11.8. The maximum absolute atomic E-state index is 4.49. The van der Waals surface area contributed by atoms with Gasteiger partial charge in [0.2, 0.25) is 0 Å². The van der Waals surface area contributed by atoms with Gasteiger partial charge in [0.15, 0.2) is 0 Å². The van der Waals surface area contributed by atoms with Crippen molar-refractivity contribution in [3.63, 3.8) is 0 Å². The minimum atomic E-state index is 0.578. The fraction of sp³-hybridized carbons (Fsp3) is 0.538. The Hall–Kier alpha value is -0.860. The lowest BCUT2D eigenvalue weighted by Crippen LogP contribution is -2.51. The minimum Gasteiger partial charge on any atom is -0.291 e. The van der Waals surface area contributed by atoms with Gasteiger partial charge in [-0.25, -0.2) is 5.32 Å². The van der Waals surface area contributed by atoms with Crippen molar-refractivity contribution in [3.8, 4) is 0 Å². The predicted molar refractivity (Wildman–Crippen MR) is 62.8 cm³/mol. The zero-order valence-electron chi connectivity index (χ0n) is 9.56. The highest BCUT2D eigenvalue weighted by Gasteiger charge is 2.24. The van der Waals surface area contributed by atoms with Crippen LogP contribution in [0.2, 0.25) is 0 Å². The van der Waals surface area contributed by atoms with Crippen molar-refractivity contribution in [2.24, 2.45) is 0 Å². The summed E-state index contributed by atoms with van der Waals surface area (Å²) in [5.74, 6) is 0. The van der Waals surface area contributed by atoms with Crippen LogP contribution in [0.4, 0.5) is 0 Å². The molecule has 1 fully saturated rings. The number of hydrogen-bond donors (Lipinski definition) is 0. The first-order valence-electron chi connectivity index (χ1n) is 5.70. The Kier molecular flexibility index (Phi) is 3.39. The van der Waals surface area contributed by atoms with Gasteiger partial charge >= 0.3 is 0 Å². The van der Waals surface area contributed by atoms with Crippen LogP contribution < -0.4 is 5.32 Å². The largest absolute Gasteiger partial charge is 0.291 e. The van der Waals surface area contributed by atoms with Gasteiger partial charge in [-0.2, -0.15) is 0 Å². The minimum absolute atomic E-state index is 0.578. The number of benzene rings is 1. The van der Waals surface area contributed by atoms with E-state index in [1.165, 1.54) is 5.56 Å².